The summed E-state index contributed by atoms with van der Waals surface area (Å²) in [6.07, 6.45) is 2.00. The lowest BCUT2D eigenvalue weighted by Gasteiger charge is -2.27. The molecule has 7 nitrogen and oxygen atoms in total. The molecule has 0 aliphatic carbocycles. The van der Waals surface area contributed by atoms with Crippen LogP contribution in [0.15, 0.2) is 41.3 Å². The van der Waals surface area contributed by atoms with Crippen LogP contribution in [0.3, 0.4) is 0 Å². The minimum atomic E-state index is -3.76. The van der Waals surface area contributed by atoms with E-state index in [2.05, 4.69) is 10.2 Å². The molecule has 31 heavy (non-hydrogen) atoms. The summed E-state index contributed by atoms with van der Waals surface area (Å²) in [5.41, 5.74) is 1.24. The normalized spacial score (nSPS) is 17.7. The number of sulfonamides is 1. The molecule has 166 valence electrons. The molecule has 2 aromatic carbocycles. The summed E-state index contributed by atoms with van der Waals surface area (Å²) in [5, 5.41) is 2.59. The molecule has 4 rings (SSSR count). The van der Waals surface area contributed by atoms with Crippen LogP contribution in [0.25, 0.3) is 0 Å². The molecule has 0 saturated carbocycles. The van der Waals surface area contributed by atoms with Crippen molar-refractivity contribution in [3.05, 3.63) is 52.8 Å². The van der Waals surface area contributed by atoms with Crippen molar-refractivity contribution in [2.45, 2.75) is 17.7 Å². The molecule has 1 N–H and O–H groups in total. The van der Waals surface area contributed by atoms with Gasteiger partial charge in [0, 0.05) is 37.6 Å². The maximum Gasteiger partial charge on any atom is 0.257 e. The van der Waals surface area contributed by atoms with E-state index in [-0.39, 0.29) is 28.6 Å². The van der Waals surface area contributed by atoms with E-state index in [1.807, 2.05) is 0 Å². The van der Waals surface area contributed by atoms with Gasteiger partial charge in [-0.3, -0.25) is 4.79 Å². The molecule has 2 fully saturated rings. The lowest BCUT2D eigenvalue weighted by atomic mass is 10.1. The van der Waals surface area contributed by atoms with Crippen molar-refractivity contribution in [3.63, 3.8) is 0 Å². The number of hydrogen-bond acceptors (Lipinski definition) is 5. The van der Waals surface area contributed by atoms with Gasteiger partial charge in [0.05, 0.1) is 28.7 Å². The molecule has 0 radical (unpaired) electrons. The van der Waals surface area contributed by atoms with E-state index in [9.17, 15) is 17.6 Å². The SMILES string of the molecule is O=C(Nc1ccc(F)c(Cl)c1)c1cc(S(=O)(=O)N2CCOCC2)ccc1N1CCCC1. The van der Waals surface area contributed by atoms with Crippen LogP contribution in [0.1, 0.15) is 23.2 Å². The lowest BCUT2D eigenvalue weighted by Crippen LogP contribution is -2.40. The third kappa shape index (κ3) is 4.69. The number of ether oxygens (including phenoxy) is 1. The van der Waals surface area contributed by atoms with Gasteiger partial charge in [-0.2, -0.15) is 4.31 Å². The van der Waals surface area contributed by atoms with Crippen molar-refractivity contribution in [2.75, 3.05) is 49.6 Å². The maximum atomic E-state index is 13.5. The summed E-state index contributed by atoms with van der Waals surface area (Å²) >= 11 is 5.82. The largest absolute Gasteiger partial charge is 0.379 e. The van der Waals surface area contributed by atoms with E-state index in [4.69, 9.17) is 16.3 Å². The van der Waals surface area contributed by atoms with Crippen LogP contribution in [0.4, 0.5) is 15.8 Å². The van der Waals surface area contributed by atoms with Crippen molar-refractivity contribution >= 4 is 38.9 Å². The zero-order valence-electron chi connectivity index (χ0n) is 16.8. The van der Waals surface area contributed by atoms with E-state index in [1.165, 1.54) is 28.6 Å². The zero-order valence-corrected chi connectivity index (χ0v) is 18.4. The predicted molar refractivity (Wildman–Crippen MR) is 117 cm³/mol. The van der Waals surface area contributed by atoms with Gasteiger partial charge in [-0.25, -0.2) is 12.8 Å². The number of benzene rings is 2. The van der Waals surface area contributed by atoms with E-state index in [0.717, 1.165) is 25.9 Å². The average Bonchev–Trinajstić information content (AvgIpc) is 3.31. The first-order valence-electron chi connectivity index (χ1n) is 10.1. The van der Waals surface area contributed by atoms with Crippen molar-refractivity contribution in [1.29, 1.82) is 0 Å². The molecule has 0 atom stereocenters. The summed E-state index contributed by atoms with van der Waals surface area (Å²) in [4.78, 5) is 15.3. The summed E-state index contributed by atoms with van der Waals surface area (Å²) in [7, 11) is -3.76. The first-order valence-corrected chi connectivity index (χ1v) is 11.9. The summed E-state index contributed by atoms with van der Waals surface area (Å²) < 4.78 is 46.3. The molecule has 10 heteroatoms. The first-order chi connectivity index (χ1) is 14.9. The van der Waals surface area contributed by atoms with Crippen LogP contribution in [0, 0.1) is 5.82 Å². The maximum absolute atomic E-state index is 13.5. The van der Waals surface area contributed by atoms with Crippen LogP contribution in [0.2, 0.25) is 5.02 Å². The molecular formula is C21H23ClFN3O4S. The van der Waals surface area contributed by atoms with Gasteiger partial charge >= 0.3 is 0 Å². The molecular weight excluding hydrogens is 445 g/mol. The first kappa shape index (κ1) is 22.0. The number of anilines is 2. The summed E-state index contributed by atoms with van der Waals surface area (Å²) in [6, 6.07) is 8.54. The van der Waals surface area contributed by atoms with Crippen LogP contribution < -0.4 is 10.2 Å². The number of amides is 1. The monoisotopic (exact) mass is 467 g/mol. The molecule has 2 aromatic rings. The fraction of sp³-hybridized carbons (Fsp3) is 0.381. The predicted octanol–water partition coefficient (Wildman–Crippen LogP) is 3.35. The van der Waals surface area contributed by atoms with Crippen LogP contribution >= 0.6 is 11.6 Å². The van der Waals surface area contributed by atoms with E-state index in [0.29, 0.717) is 24.6 Å². The fourth-order valence-electron chi connectivity index (χ4n) is 3.80. The molecule has 2 aliphatic rings. The molecule has 0 bridgehead atoms. The summed E-state index contributed by atoms with van der Waals surface area (Å²) in [6.45, 7) is 2.79. The highest BCUT2D eigenvalue weighted by molar-refractivity contribution is 7.89. The van der Waals surface area contributed by atoms with Crippen molar-refractivity contribution in [3.8, 4) is 0 Å². The van der Waals surface area contributed by atoms with E-state index < -0.39 is 21.7 Å². The second-order valence-electron chi connectivity index (χ2n) is 7.47. The van der Waals surface area contributed by atoms with Crippen LogP contribution in [-0.4, -0.2) is 58.0 Å². The highest BCUT2D eigenvalue weighted by atomic mass is 35.5. The average molecular weight is 468 g/mol. The number of rotatable bonds is 5. The number of carbonyl (C=O) groups is 1. The van der Waals surface area contributed by atoms with E-state index >= 15 is 0 Å². The Morgan fingerprint density at radius 1 is 1.03 bits per heavy atom. The number of hydrogen-bond donors (Lipinski definition) is 1. The molecule has 2 saturated heterocycles. The highest BCUT2D eigenvalue weighted by Gasteiger charge is 2.29. The van der Waals surface area contributed by atoms with Gasteiger partial charge in [-0.1, -0.05) is 11.6 Å². The second kappa shape index (κ2) is 9.12. The quantitative estimate of drug-likeness (QED) is 0.729. The lowest BCUT2D eigenvalue weighted by molar-refractivity contribution is 0.0730. The van der Waals surface area contributed by atoms with Gasteiger partial charge in [-0.05, 0) is 49.2 Å². The Labute approximate surface area is 185 Å². The molecule has 2 aliphatic heterocycles. The van der Waals surface area contributed by atoms with Gasteiger partial charge in [0.15, 0.2) is 0 Å². The Morgan fingerprint density at radius 3 is 2.42 bits per heavy atom. The van der Waals surface area contributed by atoms with Gasteiger partial charge in [-0.15, -0.1) is 0 Å². The Balaban J connectivity index is 1.69. The van der Waals surface area contributed by atoms with Crippen molar-refractivity contribution in [2.24, 2.45) is 0 Å². The van der Waals surface area contributed by atoms with Crippen LogP contribution in [0.5, 0.6) is 0 Å². The zero-order chi connectivity index (χ0) is 22.0. The Kier molecular flexibility index (Phi) is 6.47. The number of carbonyl (C=O) groups excluding carboxylic acids is 1. The van der Waals surface area contributed by atoms with Crippen molar-refractivity contribution < 1.29 is 22.3 Å². The van der Waals surface area contributed by atoms with Crippen molar-refractivity contribution in [1.82, 2.24) is 4.31 Å². The molecule has 0 unspecified atom stereocenters. The topological polar surface area (TPSA) is 79.0 Å². The fourth-order valence-corrected chi connectivity index (χ4v) is 5.41. The van der Waals surface area contributed by atoms with E-state index in [1.54, 1.807) is 12.1 Å². The smallest absolute Gasteiger partial charge is 0.257 e. The van der Waals surface area contributed by atoms with Crippen LogP contribution in [-0.2, 0) is 14.8 Å². The number of nitrogens with zero attached hydrogens (tertiary/aromatic N) is 2. The van der Waals surface area contributed by atoms with Gasteiger partial charge in [0.2, 0.25) is 10.0 Å². The van der Waals surface area contributed by atoms with Gasteiger partial charge in [0.1, 0.15) is 5.82 Å². The van der Waals surface area contributed by atoms with Gasteiger partial charge in [0.25, 0.3) is 5.91 Å². The Hall–Kier alpha value is -2.20. The minimum Gasteiger partial charge on any atom is -0.379 e. The number of halogens is 2. The molecule has 2 heterocycles. The Morgan fingerprint density at radius 2 is 1.74 bits per heavy atom. The summed E-state index contributed by atoms with van der Waals surface area (Å²) in [5.74, 6) is -1.07. The Bertz CT molecular complexity index is 1080. The second-order valence-corrected chi connectivity index (χ2v) is 9.82. The third-order valence-electron chi connectivity index (χ3n) is 5.44. The number of morpholine rings is 1. The standard InChI is InChI=1S/C21H23ClFN3O4S/c22-18-13-15(3-5-19(18)23)24-21(27)17-14-16(4-6-20(17)25-7-1-2-8-25)31(28,29)26-9-11-30-12-10-26/h3-6,13-14H,1-2,7-12H2,(H,24,27). The molecule has 1 amide bonds. The highest BCUT2D eigenvalue weighted by Crippen LogP contribution is 2.30. The third-order valence-corrected chi connectivity index (χ3v) is 7.63. The number of nitrogens with one attached hydrogen (secondary N) is 1. The minimum absolute atomic E-state index is 0.0552. The molecule has 0 aromatic heterocycles. The molecule has 0 spiro atoms. The van der Waals surface area contributed by atoms with Gasteiger partial charge < -0.3 is 15.0 Å².